The third-order valence-electron chi connectivity index (χ3n) is 11.6. The SMILES string of the molecule is CCN(C(=O)OC(C)(C)C)c1cc(C)c2c(c1)/C=C/C[C@@H]1OC(C)(C)O[C@@H]1[C@H](C)/C=C\[C@@H](C)[C@H](C)OC2=O.CCNc1cc(O)c2c(c1)/C=C\C[C@H](O)[C@H](O)C(=O)/C=C\[C@@H](C)[C@H](C)OC2=O. The predicted octanol–water partition coefficient (Wildman–Crippen LogP) is 9.34. The molecule has 3 aliphatic rings. The molecular weight excluding hydrogens is 845 g/mol. The highest BCUT2D eigenvalue weighted by atomic mass is 16.8. The average molecular weight is 917 g/mol. The molecule has 0 aromatic heterocycles. The lowest BCUT2D eigenvalue weighted by molar-refractivity contribution is -0.148. The van der Waals surface area contributed by atoms with E-state index < -0.39 is 47.5 Å². The number of esters is 2. The molecule has 5 rings (SSSR count). The van der Waals surface area contributed by atoms with Crippen molar-refractivity contribution >= 4 is 47.3 Å². The number of phenolic OH excluding ortho intramolecular Hbond substituents is 1. The van der Waals surface area contributed by atoms with Gasteiger partial charge in [0.1, 0.15) is 35.2 Å². The number of aromatic hydroxyl groups is 1. The van der Waals surface area contributed by atoms with Crippen LogP contribution in [0.5, 0.6) is 5.75 Å². The van der Waals surface area contributed by atoms with Crippen molar-refractivity contribution in [3.63, 3.8) is 0 Å². The summed E-state index contributed by atoms with van der Waals surface area (Å²) in [7, 11) is 0. The highest BCUT2D eigenvalue weighted by molar-refractivity contribution is 5.99. The van der Waals surface area contributed by atoms with Gasteiger partial charge in [-0.15, -0.1) is 0 Å². The molecule has 2 aromatic carbocycles. The molecule has 0 spiro atoms. The number of hydrogen-bond acceptors (Lipinski definition) is 13. The summed E-state index contributed by atoms with van der Waals surface area (Å²) >= 11 is 0. The van der Waals surface area contributed by atoms with Crippen LogP contribution >= 0.6 is 0 Å². The Morgan fingerprint density at radius 2 is 1.38 bits per heavy atom. The maximum absolute atomic E-state index is 13.4. The van der Waals surface area contributed by atoms with E-state index in [0.29, 0.717) is 47.6 Å². The molecular formula is C52H72N2O12. The molecule has 66 heavy (non-hydrogen) atoms. The van der Waals surface area contributed by atoms with E-state index in [-0.39, 0.29) is 59.8 Å². The van der Waals surface area contributed by atoms with Gasteiger partial charge < -0.3 is 44.3 Å². The molecule has 9 atom stereocenters. The highest BCUT2D eigenvalue weighted by Crippen LogP contribution is 2.36. The van der Waals surface area contributed by atoms with Gasteiger partial charge in [-0.1, -0.05) is 63.3 Å². The zero-order valence-electron chi connectivity index (χ0n) is 40.9. The Labute approximate surface area is 390 Å². The van der Waals surface area contributed by atoms with Gasteiger partial charge in [-0.05, 0) is 123 Å². The molecule has 1 saturated heterocycles. The van der Waals surface area contributed by atoms with Crippen molar-refractivity contribution in [1.29, 1.82) is 0 Å². The van der Waals surface area contributed by atoms with Gasteiger partial charge in [0.15, 0.2) is 11.6 Å². The van der Waals surface area contributed by atoms with Crippen LogP contribution in [-0.2, 0) is 28.5 Å². The van der Waals surface area contributed by atoms with E-state index in [1.165, 1.54) is 24.3 Å². The number of amides is 1. The van der Waals surface area contributed by atoms with Crippen LogP contribution in [0.2, 0.25) is 0 Å². The van der Waals surface area contributed by atoms with Crippen molar-refractivity contribution < 1.29 is 58.2 Å². The standard InChI is InChI=1S/C31H45NO6.C21H27NO6/c1-11-32(29(34)38-30(6,7)8)24-17-21(4)26-23(18-24)13-12-14-25-27(37-31(9,10)36-25)20(3)16-15-19(2)22(5)35-28(26)33;1-4-22-15-10-14-6-5-7-16(23)20(26)17(24)9-8-12(2)13(3)28-21(27)19(14)18(25)11-15/h12-13,15-20,22,25,27H,11,14H2,1-10H3;5-6,8-13,16,20,22-23,25-26H,4,7H2,1-3H3/b13-12+,16-15-;6-5-,9-8-/t19-,20-,22+,25+,27-;12-,13+,16+,20+/m11/s1. The first-order chi connectivity index (χ1) is 30.9. The summed E-state index contributed by atoms with van der Waals surface area (Å²) in [4.78, 5) is 52.7. The Balaban J connectivity index is 0.000000302. The molecule has 14 nitrogen and oxygen atoms in total. The molecule has 0 bridgehead atoms. The smallest absolute Gasteiger partial charge is 0.414 e. The monoisotopic (exact) mass is 917 g/mol. The fraction of sp³-hybridized carbons (Fsp3) is 0.538. The molecule has 0 saturated carbocycles. The second kappa shape index (κ2) is 23.0. The minimum Gasteiger partial charge on any atom is -0.507 e. The number of nitrogens with zero attached hydrogens (tertiary/aromatic N) is 1. The average Bonchev–Trinajstić information content (AvgIpc) is 3.53. The number of carbonyl (C=O) groups excluding carboxylic acids is 4. The second-order valence-electron chi connectivity index (χ2n) is 18.8. The van der Waals surface area contributed by atoms with Crippen molar-refractivity contribution in [2.24, 2.45) is 17.8 Å². The molecule has 3 aliphatic heterocycles. The molecule has 0 aliphatic carbocycles. The lowest BCUT2D eigenvalue weighted by Gasteiger charge is -2.27. The van der Waals surface area contributed by atoms with E-state index >= 15 is 0 Å². The zero-order valence-corrected chi connectivity index (χ0v) is 40.9. The normalized spacial score (nSPS) is 29.0. The Hall–Kier alpha value is -5.28. The van der Waals surface area contributed by atoms with Gasteiger partial charge in [-0.2, -0.15) is 0 Å². The third kappa shape index (κ3) is 14.4. The summed E-state index contributed by atoms with van der Waals surface area (Å²) in [5, 5.41) is 33.5. The van der Waals surface area contributed by atoms with E-state index in [2.05, 4.69) is 24.4 Å². The minimum atomic E-state index is -1.55. The van der Waals surface area contributed by atoms with Crippen LogP contribution in [-0.4, -0.2) is 100 Å². The highest BCUT2D eigenvalue weighted by Gasteiger charge is 2.42. The van der Waals surface area contributed by atoms with Crippen molar-refractivity contribution in [3.8, 4) is 5.75 Å². The summed E-state index contributed by atoms with van der Waals surface area (Å²) < 4.78 is 29.6. The third-order valence-corrected chi connectivity index (χ3v) is 11.6. The maximum atomic E-state index is 13.4. The van der Waals surface area contributed by atoms with Gasteiger partial charge in [0, 0.05) is 48.3 Å². The molecule has 1 fully saturated rings. The van der Waals surface area contributed by atoms with E-state index in [1.54, 1.807) is 30.9 Å². The Morgan fingerprint density at radius 1 is 0.803 bits per heavy atom. The van der Waals surface area contributed by atoms with Crippen LogP contribution < -0.4 is 10.2 Å². The quantitative estimate of drug-likeness (QED) is 0.129. The van der Waals surface area contributed by atoms with Gasteiger partial charge >= 0.3 is 18.0 Å². The minimum absolute atomic E-state index is 0.00656. The van der Waals surface area contributed by atoms with E-state index in [4.69, 9.17) is 23.7 Å². The van der Waals surface area contributed by atoms with Crippen LogP contribution in [0.25, 0.3) is 12.2 Å². The van der Waals surface area contributed by atoms with Gasteiger partial charge in [0.2, 0.25) is 0 Å². The van der Waals surface area contributed by atoms with Crippen LogP contribution in [0.4, 0.5) is 16.2 Å². The van der Waals surface area contributed by atoms with Gasteiger partial charge in [-0.25, -0.2) is 14.4 Å². The van der Waals surface area contributed by atoms with E-state index in [9.17, 15) is 34.5 Å². The number of aliphatic hydroxyl groups is 2. The molecule has 3 heterocycles. The van der Waals surface area contributed by atoms with E-state index in [0.717, 1.165) is 5.56 Å². The van der Waals surface area contributed by atoms with Crippen molar-refractivity contribution in [3.05, 3.63) is 88.5 Å². The number of fused-ring (bicyclic) bond motifs is 3. The maximum Gasteiger partial charge on any atom is 0.414 e. The largest absolute Gasteiger partial charge is 0.507 e. The summed E-state index contributed by atoms with van der Waals surface area (Å²) in [5.74, 6) is -2.76. The van der Waals surface area contributed by atoms with Gasteiger partial charge in [-0.3, -0.25) is 9.69 Å². The van der Waals surface area contributed by atoms with Crippen molar-refractivity contribution in [2.75, 3.05) is 23.3 Å². The van der Waals surface area contributed by atoms with Gasteiger partial charge in [0.25, 0.3) is 0 Å². The summed E-state index contributed by atoms with van der Waals surface area (Å²) in [6, 6.07) is 6.83. The van der Waals surface area contributed by atoms with Crippen LogP contribution in [0.1, 0.15) is 133 Å². The molecule has 0 radical (unpaired) electrons. The molecule has 14 heteroatoms. The number of cyclic esters (lactones) is 2. The summed E-state index contributed by atoms with van der Waals surface area (Å²) in [5.41, 5.74) is 2.98. The summed E-state index contributed by atoms with van der Waals surface area (Å²) in [6.45, 7) is 25.6. The number of benzene rings is 2. The number of ether oxygens (including phenoxy) is 5. The van der Waals surface area contributed by atoms with Crippen LogP contribution in [0.3, 0.4) is 0 Å². The summed E-state index contributed by atoms with van der Waals surface area (Å²) in [6.07, 6.45) is 10.1. The Bertz CT molecular complexity index is 2170. The van der Waals surface area contributed by atoms with Crippen LogP contribution in [0, 0.1) is 24.7 Å². The first-order valence-corrected chi connectivity index (χ1v) is 23.0. The number of hydrogen-bond donors (Lipinski definition) is 4. The van der Waals surface area contributed by atoms with E-state index in [1.807, 2.05) is 93.5 Å². The topological polar surface area (TPSA) is 190 Å². The fourth-order valence-electron chi connectivity index (χ4n) is 7.67. The first kappa shape index (κ1) is 53.3. The number of nitrogens with one attached hydrogen (secondary N) is 1. The van der Waals surface area contributed by atoms with Crippen LogP contribution in [0.15, 0.2) is 60.7 Å². The fourth-order valence-corrected chi connectivity index (χ4v) is 7.67. The molecule has 362 valence electrons. The molecule has 1 amide bonds. The van der Waals surface area contributed by atoms with Gasteiger partial charge in [0.05, 0.1) is 23.9 Å². The zero-order chi connectivity index (χ0) is 49.3. The number of carbonyl (C=O) groups is 4. The second-order valence-corrected chi connectivity index (χ2v) is 18.8. The number of aryl methyl sites for hydroxylation is 1. The number of anilines is 2. The number of phenols is 1. The van der Waals surface area contributed by atoms with Crippen molar-refractivity contribution in [2.45, 2.75) is 151 Å². The molecule has 4 N–H and O–H groups in total. The van der Waals surface area contributed by atoms with Crippen molar-refractivity contribution in [1.82, 2.24) is 0 Å². The Morgan fingerprint density at radius 3 is 1.98 bits per heavy atom. The predicted molar refractivity (Wildman–Crippen MR) is 256 cm³/mol. The number of aliphatic hydroxyl groups excluding tert-OH is 2. The number of ketones is 1. The Kier molecular flexibility index (Phi) is 18.5. The lowest BCUT2D eigenvalue weighted by atomic mass is 9.93. The number of rotatable bonds is 4. The molecule has 2 aromatic rings. The first-order valence-electron chi connectivity index (χ1n) is 23.0. The molecule has 0 unspecified atom stereocenters. The lowest BCUT2D eigenvalue weighted by Crippen LogP contribution is -2.37.